The maximum atomic E-state index is 3.90. The van der Waals surface area contributed by atoms with Gasteiger partial charge in [0.1, 0.15) is 0 Å². The molecule has 4 aromatic rings. The van der Waals surface area contributed by atoms with Crippen LogP contribution >= 0.6 is 26.3 Å². The summed E-state index contributed by atoms with van der Waals surface area (Å²) in [7, 11) is 0. The van der Waals surface area contributed by atoms with Crippen LogP contribution in [0.25, 0.3) is 6.08 Å². The predicted molar refractivity (Wildman–Crippen MR) is 139 cm³/mol. The summed E-state index contributed by atoms with van der Waals surface area (Å²) >= 11 is 2.84. The molecule has 0 N–H and O–H groups in total. The Morgan fingerprint density at radius 2 is 0.966 bits per heavy atom. The van der Waals surface area contributed by atoms with Gasteiger partial charge in [0, 0.05) is 0 Å². The molecular weight excluding hydrogens is 482 g/mol. The van der Waals surface area contributed by atoms with Crippen LogP contribution in [0.5, 0.6) is 0 Å². The van der Waals surface area contributed by atoms with Crippen molar-refractivity contribution in [3.05, 3.63) is 133 Å². The molecule has 0 heterocycles. The number of rotatable bonds is 6. The molecule has 0 saturated carbocycles. The Labute approximate surface area is 186 Å². The fourth-order valence-electron chi connectivity index (χ4n) is 4.04. The van der Waals surface area contributed by atoms with Crippen LogP contribution in [-0.4, -0.2) is 0 Å². The van der Waals surface area contributed by atoms with Crippen LogP contribution in [0.3, 0.4) is 0 Å². The van der Waals surface area contributed by atoms with E-state index in [1.54, 1.807) is 0 Å². The SMILES string of the molecule is C=Cc1ccc(CP(I)(c2ccccc2)(c2ccccc2)c2ccccc2)cc1. The van der Waals surface area contributed by atoms with Crippen LogP contribution in [-0.2, 0) is 6.16 Å². The van der Waals surface area contributed by atoms with Crippen LogP contribution in [0.4, 0.5) is 0 Å². The molecule has 4 aromatic carbocycles. The summed E-state index contributed by atoms with van der Waals surface area (Å²) in [6, 6.07) is 42.0. The zero-order valence-corrected chi connectivity index (χ0v) is 19.3. The molecule has 0 aliphatic heterocycles. The van der Waals surface area contributed by atoms with Crippen LogP contribution in [0.2, 0.25) is 0 Å². The van der Waals surface area contributed by atoms with Crippen LogP contribution in [0.15, 0.2) is 122 Å². The Morgan fingerprint density at radius 1 is 0.586 bits per heavy atom. The van der Waals surface area contributed by atoms with Gasteiger partial charge in [-0.2, -0.15) is 0 Å². The average molecular weight is 506 g/mol. The van der Waals surface area contributed by atoms with Crippen LogP contribution in [0, 0.1) is 0 Å². The Morgan fingerprint density at radius 3 is 1.31 bits per heavy atom. The molecule has 0 atom stereocenters. The second-order valence-corrected chi connectivity index (χ2v) is 17.9. The Bertz CT molecular complexity index is 988. The van der Waals surface area contributed by atoms with Crippen molar-refractivity contribution in [3.63, 3.8) is 0 Å². The van der Waals surface area contributed by atoms with Gasteiger partial charge < -0.3 is 0 Å². The summed E-state index contributed by atoms with van der Waals surface area (Å²) < 4.78 is -2.76. The average Bonchev–Trinajstić information content (AvgIpc) is 2.81. The molecule has 2 heteroatoms. The first-order valence-electron chi connectivity index (χ1n) is 9.76. The van der Waals surface area contributed by atoms with Crippen molar-refractivity contribution in [1.82, 2.24) is 0 Å². The number of benzene rings is 4. The normalized spacial score (nSPS) is 12.7. The Kier molecular flexibility index (Phi) is 5.72. The van der Waals surface area contributed by atoms with Gasteiger partial charge >= 0.3 is 187 Å². The number of hydrogen-bond acceptors (Lipinski definition) is 0. The van der Waals surface area contributed by atoms with Gasteiger partial charge in [-0.05, 0) is 0 Å². The Balaban J connectivity index is 2.04. The van der Waals surface area contributed by atoms with Gasteiger partial charge in [0.2, 0.25) is 0 Å². The molecule has 0 fully saturated rings. The van der Waals surface area contributed by atoms with Gasteiger partial charge in [0.25, 0.3) is 0 Å². The van der Waals surface area contributed by atoms with Crippen molar-refractivity contribution < 1.29 is 0 Å². The third-order valence-corrected chi connectivity index (χ3v) is 16.7. The zero-order chi connectivity index (χ0) is 20.2. The van der Waals surface area contributed by atoms with Gasteiger partial charge in [0.05, 0.1) is 0 Å². The minimum absolute atomic E-state index is 0.974. The molecular formula is C27H24IP. The summed E-state index contributed by atoms with van der Waals surface area (Å²) in [5.74, 6) is 0. The summed E-state index contributed by atoms with van der Waals surface area (Å²) in [4.78, 5) is 0. The van der Waals surface area contributed by atoms with Crippen molar-refractivity contribution in [2.75, 3.05) is 0 Å². The predicted octanol–water partition coefficient (Wildman–Crippen LogP) is 6.71. The second kappa shape index (κ2) is 8.26. The molecule has 0 spiro atoms. The summed E-state index contributed by atoms with van der Waals surface area (Å²) in [6.45, 7) is 3.90. The summed E-state index contributed by atoms with van der Waals surface area (Å²) in [5, 5.41) is 4.22. The monoisotopic (exact) mass is 506 g/mol. The fourth-order valence-corrected chi connectivity index (χ4v) is 12.8. The first-order chi connectivity index (χ1) is 14.1. The first-order valence-corrected chi connectivity index (χ1v) is 15.0. The van der Waals surface area contributed by atoms with Crippen molar-refractivity contribution >= 4 is 48.3 Å². The fraction of sp³-hybridized carbons (Fsp3) is 0.0370. The van der Waals surface area contributed by atoms with Gasteiger partial charge in [-0.15, -0.1) is 0 Å². The third-order valence-electron chi connectivity index (χ3n) is 5.58. The minimum atomic E-state index is -2.76. The molecule has 0 unspecified atom stereocenters. The quantitative estimate of drug-likeness (QED) is 0.202. The standard InChI is InChI=1S/C27H24IP/c1-2-23-18-20-24(21-19-23)22-29(28,25-12-6-3-7-13-25,26-14-8-4-9-15-26)27-16-10-5-11-17-27/h2-21H,1,22H2. The molecule has 4 rings (SSSR count). The van der Waals surface area contributed by atoms with E-state index in [1.165, 1.54) is 21.5 Å². The maximum absolute atomic E-state index is 3.90. The number of hydrogen-bond donors (Lipinski definition) is 0. The van der Waals surface area contributed by atoms with Crippen LogP contribution < -0.4 is 15.9 Å². The molecule has 0 amide bonds. The van der Waals surface area contributed by atoms with E-state index in [0.29, 0.717) is 0 Å². The van der Waals surface area contributed by atoms with E-state index < -0.39 is 4.25 Å². The molecule has 0 saturated heterocycles. The molecule has 0 aliphatic rings. The zero-order valence-electron chi connectivity index (χ0n) is 16.3. The van der Waals surface area contributed by atoms with E-state index in [1.807, 2.05) is 6.08 Å². The van der Waals surface area contributed by atoms with Crippen molar-refractivity contribution in [3.8, 4) is 0 Å². The van der Waals surface area contributed by atoms with E-state index >= 15 is 0 Å². The molecule has 0 aliphatic carbocycles. The molecule has 0 nitrogen and oxygen atoms in total. The summed E-state index contributed by atoms with van der Waals surface area (Å²) in [5.41, 5.74) is 2.50. The van der Waals surface area contributed by atoms with E-state index in [9.17, 15) is 0 Å². The van der Waals surface area contributed by atoms with Crippen LogP contribution in [0.1, 0.15) is 11.1 Å². The second-order valence-electron chi connectivity index (χ2n) is 7.29. The van der Waals surface area contributed by atoms with Gasteiger partial charge in [-0.3, -0.25) is 0 Å². The van der Waals surface area contributed by atoms with Crippen molar-refractivity contribution in [2.45, 2.75) is 6.16 Å². The van der Waals surface area contributed by atoms with Crippen molar-refractivity contribution in [2.24, 2.45) is 0 Å². The molecule has 29 heavy (non-hydrogen) atoms. The van der Waals surface area contributed by atoms with Gasteiger partial charge in [-0.1, -0.05) is 0 Å². The summed E-state index contributed by atoms with van der Waals surface area (Å²) in [6.07, 6.45) is 2.88. The molecule has 0 radical (unpaired) electrons. The van der Waals surface area contributed by atoms with E-state index in [0.717, 1.165) is 11.7 Å². The van der Waals surface area contributed by atoms with E-state index in [-0.39, 0.29) is 0 Å². The van der Waals surface area contributed by atoms with E-state index in [2.05, 4.69) is 144 Å². The molecule has 0 bridgehead atoms. The van der Waals surface area contributed by atoms with Gasteiger partial charge in [0.15, 0.2) is 0 Å². The molecule has 144 valence electrons. The van der Waals surface area contributed by atoms with E-state index in [4.69, 9.17) is 0 Å². The first kappa shape index (κ1) is 20.1. The third kappa shape index (κ3) is 3.58. The number of halogens is 1. The Hall–Kier alpha value is -2.22. The van der Waals surface area contributed by atoms with Crippen molar-refractivity contribution in [1.29, 1.82) is 0 Å². The molecule has 0 aromatic heterocycles. The topological polar surface area (TPSA) is 0 Å². The van der Waals surface area contributed by atoms with Gasteiger partial charge in [-0.25, -0.2) is 0 Å².